The Morgan fingerprint density at radius 3 is 1.79 bits per heavy atom. The summed E-state index contributed by atoms with van der Waals surface area (Å²) in [5, 5.41) is 8.19. The van der Waals surface area contributed by atoms with Gasteiger partial charge in [0.2, 0.25) is 0 Å². The van der Waals surface area contributed by atoms with Crippen LogP contribution < -0.4 is 5.43 Å². The smallest absolute Gasteiger partial charge is 0.194 e. The van der Waals surface area contributed by atoms with E-state index in [0.29, 0.717) is 0 Å². The van der Waals surface area contributed by atoms with E-state index in [2.05, 4.69) is 66.7 Å². The second-order valence-electron chi connectivity index (χ2n) is 7.27. The van der Waals surface area contributed by atoms with E-state index in [9.17, 15) is 4.79 Å². The molecule has 0 aromatic heterocycles. The highest BCUT2D eigenvalue weighted by atomic mass is 16.1. The van der Waals surface area contributed by atoms with Crippen molar-refractivity contribution in [2.75, 3.05) is 0 Å². The van der Waals surface area contributed by atoms with E-state index in [1.807, 2.05) is 30.3 Å². The molecule has 0 bridgehead atoms. The lowest BCUT2D eigenvalue weighted by Crippen LogP contribution is -2.02. The molecule has 0 aliphatic rings. The molecule has 130 valence electrons. The van der Waals surface area contributed by atoms with Crippen molar-refractivity contribution >= 4 is 43.1 Å². The standard InChI is InChI=1S/C27H16O/c28-27-22-16-8-12-17-11-7-15-21(23(17)22)25-24(18-9-3-1-4-10-18)19-13-5-2-6-14-20(19)26(25)27/h1-16H. The molecule has 0 N–H and O–H groups in total. The summed E-state index contributed by atoms with van der Waals surface area (Å²) in [4.78, 5) is 13.7. The van der Waals surface area contributed by atoms with E-state index in [-0.39, 0.29) is 5.43 Å². The molecule has 6 aromatic carbocycles. The van der Waals surface area contributed by atoms with Crippen LogP contribution in [0.5, 0.6) is 0 Å². The molecule has 0 radical (unpaired) electrons. The molecule has 0 saturated heterocycles. The van der Waals surface area contributed by atoms with Crippen LogP contribution in [0.4, 0.5) is 0 Å². The minimum Gasteiger partial charge on any atom is -0.289 e. The molecule has 6 aromatic rings. The molecule has 6 rings (SSSR count). The van der Waals surface area contributed by atoms with Crippen LogP contribution >= 0.6 is 0 Å². The van der Waals surface area contributed by atoms with Crippen LogP contribution in [0.1, 0.15) is 0 Å². The van der Waals surface area contributed by atoms with Gasteiger partial charge in [-0.1, -0.05) is 97.1 Å². The average Bonchev–Trinajstić information content (AvgIpc) is 2.88. The Morgan fingerprint density at radius 1 is 0.429 bits per heavy atom. The fraction of sp³-hybridized carbons (Fsp3) is 0. The number of hydrogen-bond acceptors (Lipinski definition) is 1. The molecule has 1 nitrogen and oxygen atoms in total. The summed E-state index contributed by atoms with van der Waals surface area (Å²) in [6.07, 6.45) is 0. The van der Waals surface area contributed by atoms with Crippen molar-refractivity contribution in [2.24, 2.45) is 0 Å². The summed E-state index contributed by atoms with van der Waals surface area (Å²) in [6.45, 7) is 0. The summed E-state index contributed by atoms with van der Waals surface area (Å²) in [7, 11) is 0. The van der Waals surface area contributed by atoms with Gasteiger partial charge in [-0.05, 0) is 32.7 Å². The summed E-state index contributed by atoms with van der Waals surface area (Å²) < 4.78 is 0. The number of rotatable bonds is 1. The largest absolute Gasteiger partial charge is 0.289 e. The molecule has 1 heteroatoms. The first-order valence-electron chi connectivity index (χ1n) is 9.51. The summed E-state index contributed by atoms with van der Waals surface area (Å²) in [5.41, 5.74) is 2.42. The average molecular weight is 356 g/mol. The zero-order valence-electron chi connectivity index (χ0n) is 15.1. The Hall–Kier alpha value is -3.71. The highest BCUT2D eigenvalue weighted by Crippen LogP contribution is 2.43. The van der Waals surface area contributed by atoms with E-state index < -0.39 is 0 Å². The van der Waals surface area contributed by atoms with Gasteiger partial charge in [-0.3, -0.25) is 4.79 Å². The zero-order valence-corrected chi connectivity index (χ0v) is 15.1. The number of fused-ring (bicyclic) bond motifs is 4. The second-order valence-corrected chi connectivity index (χ2v) is 7.27. The number of benzene rings is 4. The Kier molecular flexibility index (Phi) is 3.09. The summed E-state index contributed by atoms with van der Waals surface area (Å²) in [5.74, 6) is 0. The van der Waals surface area contributed by atoms with Crippen LogP contribution in [-0.2, 0) is 0 Å². The molecular formula is C27H16O. The molecular weight excluding hydrogens is 340 g/mol. The minimum absolute atomic E-state index is 0.123. The van der Waals surface area contributed by atoms with Gasteiger partial charge in [-0.15, -0.1) is 0 Å². The third kappa shape index (κ3) is 1.93. The second kappa shape index (κ2) is 5.64. The highest BCUT2D eigenvalue weighted by molar-refractivity contribution is 6.33. The van der Waals surface area contributed by atoms with Gasteiger partial charge in [0.25, 0.3) is 0 Å². The summed E-state index contributed by atoms with van der Waals surface area (Å²) in [6, 6.07) is 33.1. The molecule has 0 unspecified atom stereocenters. The van der Waals surface area contributed by atoms with Crippen LogP contribution in [0, 0.1) is 0 Å². The van der Waals surface area contributed by atoms with Crippen molar-refractivity contribution in [1.29, 1.82) is 0 Å². The van der Waals surface area contributed by atoms with Gasteiger partial charge in [-0.25, -0.2) is 0 Å². The van der Waals surface area contributed by atoms with Crippen molar-refractivity contribution in [3.05, 3.63) is 107 Å². The topological polar surface area (TPSA) is 17.1 Å². The van der Waals surface area contributed by atoms with Gasteiger partial charge >= 0.3 is 0 Å². The highest BCUT2D eigenvalue weighted by Gasteiger charge is 2.20. The molecule has 0 heterocycles. The van der Waals surface area contributed by atoms with Crippen molar-refractivity contribution in [2.45, 2.75) is 0 Å². The first-order chi connectivity index (χ1) is 13.8. The van der Waals surface area contributed by atoms with E-state index >= 15 is 0 Å². The normalized spacial score (nSPS) is 11.7. The Balaban J connectivity index is 2.04. The molecule has 0 fully saturated rings. The van der Waals surface area contributed by atoms with Crippen LogP contribution in [0.2, 0.25) is 0 Å². The van der Waals surface area contributed by atoms with Crippen molar-refractivity contribution in [1.82, 2.24) is 0 Å². The van der Waals surface area contributed by atoms with Gasteiger partial charge < -0.3 is 0 Å². The molecule has 0 aliphatic heterocycles. The number of hydrogen-bond donors (Lipinski definition) is 0. The lowest BCUT2D eigenvalue weighted by Gasteiger charge is -2.09. The minimum atomic E-state index is 0.123. The lowest BCUT2D eigenvalue weighted by molar-refractivity contribution is 1.70. The quantitative estimate of drug-likeness (QED) is 0.318. The Labute approximate surface area is 161 Å². The predicted octanol–water partition coefficient (Wildman–Crippen LogP) is 6.76. The van der Waals surface area contributed by atoms with Gasteiger partial charge in [-0.2, -0.15) is 0 Å². The molecule has 0 atom stereocenters. The van der Waals surface area contributed by atoms with Crippen molar-refractivity contribution < 1.29 is 0 Å². The summed E-state index contributed by atoms with van der Waals surface area (Å²) >= 11 is 0. The van der Waals surface area contributed by atoms with E-state index in [4.69, 9.17) is 0 Å². The Morgan fingerprint density at radius 2 is 1.04 bits per heavy atom. The monoisotopic (exact) mass is 356 g/mol. The van der Waals surface area contributed by atoms with Gasteiger partial charge in [0.05, 0.1) is 0 Å². The van der Waals surface area contributed by atoms with E-state index in [0.717, 1.165) is 54.2 Å². The fourth-order valence-corrected chi connectivity index (χ4v) is 4.66. The molecule has 0 amide bonds. The van der Waals surface area contributed by atoms with Crippen LogP contribution in [-0.4, -0.2) is 0 Å². The van der Waals surface area contributed by atoms with Gasteiger partial charge in [0.1, 0.15) is 0 Å². The molecule has 0 saturated carbocycles. The molecule has 28 heavy (non-hydrogen) atoms. The van der Waals surface area contributed by atoms with E-state index in [1.54, 1.807) is 0 Å². The maximum absolute atomic E-state index is 13.7. The van der Waals surface area contributed by atoms with Gasteiger partial charge in [0, 0.05) is 21.5 Å². The fourth-order valence-electron chi connectivity index (χ4n) is 4.66. The third-order valence-electron chi connectivity index (χ3n) is 5.79. The van der Waals surface area contributed by atoms with Crippen LogP contribution in [0.15, 0.2) is 102 Å². The maximum Gasteiger partial charge on any atom is 0.194 e. The third-order valence-corrected chi connectivity index (χ3v) is 5.79. The van der Waals surface area contributed by atoms with E-state index in [1.165, 1.54) is 0 Å². The van der Waals surface area contributed by atoms with Crippen molar-refractivity contribution in [3.8, 4) is 11.1 Å². The lowest BCUT2D eigenvalue weighted by atomic mass is 9.93. The van der Waals surface area contributed by atoms with Gasteiger partial charge in [0.15, 0.2) is 5.43 Å². The SMILES string of the molecule is O=c1c2cccc3cccc(c4c(-c5ccccc5)c5cccccc5c14)c32. The maximum atomic E-state index is 13.7. The molecule has 0 spiro atoms. The van der Waals surface area contributed by atoms with Crippen LogP contribution in [0.3, 0.4) is 0 Å². The zero-order chi connectivity index (χ0) is 18.7. The van der Waals surface area contributed by atoms with Crippen molar-refractivity contribution in [3.63, 3.8) is 0 Å². The first-order valence-corrected chi connectivity index (χ1v) is 9.51. The predicted molar refractivity (Wildman–Crippen MR) is 119 cm³/mol. The van der Waals surface area contributed by atoms with Crippen LogP contribution in [0.25, 0.3) is 54.2 Å². The molecule has 0 aliphatic carbocycles. The first kappa shape index (κ1) is 15.4. The Bertz CT molecular complexity index is 1560.